The predicted molar refractivity (Wildman–Crippen MR) is 94.2 cm³/mol. The molecule has 0 spiro atoms. The van der Waals surface area contributed by atoms with E-state index in [0.717, 1.165) is 16.2 Å². The third-order valence-corrected chi connectivity index (χ3v) is 7.06. The van der Waals surface area contributed by atoms with Crippen LogP contribution in [0, 0.1) is 0 Å². The van der Waals surface area contributed by atoms with Gasteiger partial charge in [0, 0.05) is 18.0 Å². The third kappa shape index (κ3) is 4.64. The average molecular weight is 390 g/mol. The van der Waals surface area contributed by atoms with Gasteiger partial charge in [0.1, 0.15) is 9.77 Å². The van der Waals surface area contributed by atoms with Crippen molar-refractivity contribution in [3.63, 3.8) is 0 Å². The number of hydrogen-bond donors (Lipinski definition) is 2. The van der Waals surface area contributed by atoms with Crippen molar-refractivity contribution >= 4 is 38.7 Å². The fourth-order valence-electron chi connectivity index (χ4n) is 2.30. The van der Waals surface area contributed by atoms with Crippen molar-refractivity contribution in [3.05, 3.63) is 38.7 Å². The maximum Gasteiger partial charge on any atom is 0.349 e. The molecule has 0 aliphatic rings. The van der Waals surface area contributed by atoms with Crippen LogP contribution in [0.25, 0.3) is 0 Å². The number of aliphatic hydroxyl groups excluding tert-OH is 1. The van der Waals surface area contributed by atoms with Crippen molar-refractivity contribution < 1.29 is 23.1 Å². The lowest BCUT2D eigenvalue weighted by molar-refractivity contribution is 0.0602. The number of hydrogen-bond acceptors (Lipinski definition) is 7. The molecule has 6 nitrogen and oxygen atoms in total. The van der Waals surface area contributed by atoms with E-state index < -0.39 is 16.0 Å². The first kappa shape index (κ1) is 19.1. The summed E-state index contributed by atoms with van der Waals surface area (Å²) >= 11 is 2.62. The summed E-state index contributed by atoms with van der Waals surface area (Å²) < 4.78 is 31.9. The highest BCUT2D eigenvalue weighted by atomic mass is 32.2. The molecular weight excluding hydrogens is 370 g/mol. The van der Waals surface area contributed by atoms with Gasteiger partial charge >= 0.3 is 5.97 Å². The number of rotatable bonds is 9. The van der Waals surface area contributed by atoms with Crippen molar-refractivity contribution in [1.29, 1.82) is 0 Å². The van der Waals surface area contributed by atoms with Crippen LogP contribution in [0.4, 0.5) is 0 Å². The molecule has 0 amide bonds. The molecule has 2 rings (SSSR count). The van der Waals surface area contributed by atoms with Crippen LogP contribution in [-0.4, -0.2) is 39.8 Å². The molecule has 1 unspecified atom stereocenters. The van der Waals surface area contributed by atoms with Crippen LogP contribution in [0.5, 0.6) is 0 Å². The first-order chi connectivity index (χ1) is 11.5. The SMILES string of the molecule is COC(=O)c1sccc1S(=O)(=O)NCCC(CCO)c1cccs1. The summed E-state index contributed by atoms with van der Waals surface area (Å²) in [5, 5.41) is 12.7. The van der Waals surface area contributed by atoms with E-state index in [1.807, 2.05) is 17.5 Å². The monoisotopic (exact) mass is 389 g/mol. The van der Waals surface area contributed by atoms with E-state index in [0.29, 0.717) is 12.8 Å². The summed E-state index contributed by atoms with van der Waals surface area (Å²) in [4.78, 5) is 12.8. The van der Waals surface area contributed by atoms with Gasteiger partial charge in [0.25, 0.3) is 0 Å². The largest absolute Gasteiger partial charge is 0.465 e. The van der Waals surface area contributed by atoms with Crippen LogP contribution in [0.2, 0.25) is 0 Å². The van der Waals surface area contributed by atoms with Crippen molar-refractivity contribution in [1.82, 2.24) is 4.72 Å². The standard InChI is InChI=1S/C15H19NO5S3/c1-21-15(18)14-13(6-10-23-14)24(19,20)16-7-4-11(5-8-17)12-3-2-9-22-12/h2-3,6,9-11,16-17H,4-5,7-8H2,1H3. The van der Waals surface area contributed by atoms with Crippen LogP contribution < -0.4 is 4.72 Å². The maximum atomic E-state index is 12.4. The second-order valence-corrected chi connectivity index (χ2v) is 8.65. The number of methoxy groups -OCH3 is 1. The molecule has 0 aromatic carbocycles. The molecule has 2 N–H and O–H groups in total. The lowest BCUT2D eigenvalue weighted by atomic mass is 10.0. The zero-order valence-corrected chi connectivity index (χ0v) is 15.5. The Morgan fingerprint density at radius 3 is 2.71 bits per heavy atom. The number of aliphatic hydroxyl groups is 1. The summed E-state index contributed by atoms with van der Waals surface area (Å²) in [6, 6.07) is 5.31. The van der Waals surface area contributed by atoms with Crippen LogP contribution in [0.3, 0.4) is 0 Å². The third-order valence-electron chi connectivity index (χ3n) is 3.50. The van der Waals surface area contributed by atoms with E-state index >= 15 is 0 Å². The van der Waals surface area contributed by atoms with E-state index in [4.69, 9.17) is 0 Å². The van der Waals surface area contributed by atoms with Gasteiger partial charge in [-0.25, -0.2) is 17.9 Å². The van der Waals surface area contributed by atoms with Crippen molar-refractivity contribution in [2.45, 2.75) is 23.7 Å². The van der Waals surface area contributed by atoms with Crippen LogP contribution in [0.1, 0.15) is 33.3 Å². The molecule has 0 saturated heterocycles. The van der Waals surface area contributed by atoms with Crippen molar-refractivity contribution in [2.24, 2.45) is 0 Å². The Hall–Kier alpha value is -1.26. The molecule has 0 aliphatic carbocycles. The number of carbonyl (C=O) groups is 1. The highest BCUT2D eigenvalue weighted by Crippen LogP contribution is 2.27. The van der Waals surface area contributed by atoms with Crippen LogP contribution in [0.15, 0.2) is 33.9 Å². The molecule has 0 aliphatic heterocycles. The Balaban J connectivity index is 2.02. The zero-order chi connectivity index (χ0) is 17.6. The van der Waals surface area contributed by atoms with Gasteiger partial charge < -0.3 is 9.84 Å². The summed E-state index contributed by atoms with van der Waals surface area (Å²) in [5.74, 6) is -0.567. The molecule has 132 valence electrons. The minimum atomic E-state index is -3.78. The van der Waals surface area contributed by atoms with E-state index in [1.54, 1.807) is 16.7 Å². The van der Waals surface area contributed by atoms with Crippen LogP contribution in [-0.2, 0) is 14.8 Å². The first-order valence-electron chi connectivity index (χ1n) is 7.29. The molecule has 24 heavy (non-hydrogen) atoms. The van der Waals surface area contributed by atoms with Crippen LogP contribution >= 0.6 is 22.7 Å². The second-order valence-electron chi connectivity index (χ2n) is 5.02. The van der Waals surface area contributed by atoms with E-state index in [9.17, 15) is 18.3 Å². The predicted octanol–water partition coefficient (Wildman–Crippen LogP) is 2.43. The van der Waals surface area contributed by atoms with Gasteiger partial charge in [-0.15, -0.1) is 22.7 Å². The number of sulfonamides is 1. The Kier molecular flexibility index (Phi) is 6.93. The Labute approximate surface area is 149 Å². The van der Waals surface area contributed by atoms with Gasteiger partial charge in [-0.2, -0.15) is 0 Å². The lowest BCUT2D eigenvalue weighted by Crippen LogP contribution is -2.27. The molecule has 0 saturated carbocycles. The van der Waals surface area contributed by atoms with Gasteiger partial charge in [0.15, 0.2) is 0 Å². The fourth-order valence-corrected chi connectivity index (χ4v) is 5.58. The van der Waals surface area contributed by atoms with Gasteiger partial charge in [0.2, 0.25) is 10.0 Å². The number of thiophene rings is 2. The topological polar surface area (TPSA) is 92.7 Å². The molecule has 0 bridgehead atoms. The average Bonchev–Trinajstić information content (AvgIpc) is 3.24. The highest BCUT2D eigenvalue weighted by molar-refractivity contribution is 7.89. The molecule has 0 radical (unpaired) electrons. The number of ether oxygens (including phenoxy) is 1. The van der Waals surface area contributed by atoms with E-state index in [2.05, 4.69) is 9.46 Å². The maximum absolute atomic E-state index is 12.4. The molecule has 1 atom stereocenters. The Morgan fingerprint density at radius 1 is 1.29 bits per heavy atom. The minimum absolute atomic E-state index is 0.0480. The molecule has 2 heterocycles. The van der Waals surface area contributed by atoms with Crippen molar-refractivity contribution in [2.75, 3.05) is 20.3 Å². The number of esters is 1. The first-order valence-corrected chi connectivity index (χ1v) is 10.5. The smallest absolute Gasteiger partial charge is 0.349 e. The molecule has 9 heteroatoms. The molecule has 0 fully saturated rings. The van der Waals surface area contributed by atoms with Gasteiger partial charge in [-0.3, -0.25) is 0 Å². The van der Waals surface area contributed by atoms with E-state index in [1.165, 1.54) is 13.2 Å². The normalized spacial score (nSPS) is 12.9. The summed E-state index contributed by atoms with van der Waals surface area (Å²) in [5.41, 5.74) is 0. The summed E-state index contributed by atoms with van der Waals surface area (Å²) in [7, 11) is -2.57. The summed E-state index contributed by atoms with van der Waals surface area (Å²) in [6.07, 6.45) is 1.14. The second kappa shape index (κ2) is 8.72. The number of nitrogens with one attached hydrogen (secondary N) is 1. The zero-order valence-electron chi connectivity index (χ0n) is 13.1. The Bertz CT molecular complexity index is 752. The quantitative estimate of drug-likeness (QED) is 0.643. The summed E-state index contributed by atoms with van der Waals surface area (Å²) in [6.45, 7) is 0.272. The van der Waals surface area contributed by atoms with Crippen molar-refractivity contribution in [3.8, 4) is 0 Å². The fraction of sp³-hybridized carbons (Fsp3) is 0.400. The number of carbonyl (C=O) groups excluding carboxylic acids is 1. The van der Waals surface area contributed by atoms with Gasteiger partial charge in [-0.1, -0.05) is 6.07 Å². The molecule has 2 aromatic heterocycles. The van der Waals surface area contributed by atoms with E-state index in [-0.39, 0.29) is 28.8 Å². The Morgan fingerprint density at radius 2 is 2.08 bits per heavy atom. The molecule has 2 aromatic rings. The molecular formula is C15H19NO5S3. The highest BCUT2D eigenvalue weighted by Gasteiger charge is 2.24. The lowest BCUT2D eigenvalue weighted by Gasteiger charge is -2.14. The van der Waals surface area contributed by atoms with Gasteiger partial charge in [-0.05, 0) is 41.7 Å². The minimum Gasteiger partial charge on any atom is -0.465 e. The van der Waals surface area contributed by atoms with Gasteiger partial charge in [0.05, 0.1) is 7.11 Å².